The molecule has 0 aromatic heterocycles. The van der Waals surface area contributed by atoms with Crippen molar-refractivity contribution in [2.45, 2.75) is 9.25 Å². The van der Waals surface area contributed by atoms with Gasteiger partial charge < -0.3 is 0 Å². The third-order valence-electron chi connectivity index (χ3n) is 1.10. The fourth-order valence-electron chi connectivity index (χ4n) is 0.521. The van der Waals surface area contributed by atoms with Crippen LogP contribution in [0.25, 0.3) is 0 Å². The Kier molecular flexibility index (Phi) is 8.26. The summed E-state index contributed by atoms with van der Waals surface area (Å²) in [6.45, 7) is 0. The molecule has 0 radical (unpaired) electrons. The zero-order chi connectivity index (χ0) is 9.02. The maximum Gasteiger partial charge on any atom is 0.236 e. The molecular formula is C2H6Cl6Si3. The fraction of sp³-hybridized carbons (Fsp3) is 1.00. The minimum atomic E-state index is -1.76. The van der Waals surface area contributed by atoms with Gasteiger partial charge in [0.05, 0.1) is 14.0 Å². The zero-order valence-corrected chi connectivity index (χ0v) is 13.5. The maximum atomic E-state index is 5.77. The molecule has 9 heteroatoms. The van der Waals surface area contributed by atoms with Crippen LogP contribution in [0.3, 0.4) is 0 Å². The smallest absolute Gasteiger partial charge is 0.151 e. The van der Waals surface area contributed by atoms with Crippen molar-refractivity contribution in [3.63, 3.8) is 0 Å². The standard InChI is InChI=1S/C2H6Cl6Si3/c3-1(4)9-2(10(5)6)11(7)8/h1-2,10-11H,9H2. The van der Waals surface area contributed by atoms with Gasteiger partial charge >= 0.3 is 0 Å². The molecule has 0 saturated heterocycles. The molecule has 0 rings (SSSR count). The van der Waals surface area contributed by atoms with E-state index in [0.29, 0.717) is 0 Å². The van der Waals surface area contributed by atoms with Gasteiger partial charge in [-0.05, 0) is 4.79 Å². The Hall–Kier alpha value is 2.39. The van der Waals surface area contributed by atoms with Gasteiger partial charge in [-0.1, -0.05) is 0 Å². The highest BCUT2D eigenvalue weighted by Crippen LogP contribution is 2.26. The van der Waals surface area contributed by atoms with E-state index in [9.17, 15) is 0 Å². The van der Waals surface area contributed by atoms with Crippen molar-refractivity contribution in [2.24, 2.45) is 0 Å². The van der Waals surface area contributed by atoms with Crippen LogP contribution in [0, 0.1) is 0 Å². The van der Waals surface area contributed by atoms with Crippen LogP contribution in [-0.2, 0) is 0 Å². The molecular weight excluding hydrogens is 321 g/mol. The molecule has 0 aromatic carbocycles. The number of rotatable bonds is 4. The van der Waals surface area contributed by atoms with Gasteiger partial charge in [-0.15, -0.1) is 23.2 Å². The van der Waals surface area contributed by atoms with Gasteiger partial charge in [-0.3, -0.25) is 0 Å². The second kappa shape index (κ2) is 6.79. The van der Waals surface area contributed by atoms with Crippen LogP contribution >= 0.6 is 67.5 Å². The van der Waals surface area contributed by atoms with Crippen molar-refractivity contribution in [1.82, 2.24) is 0 Å². The highest BCUT2D eigenvalue weighted by atomic mass is 35.7. The third kappa shape index (κ3) is 6.46. The second-order valence-corrected chi connectivity index (χ2v) is 19.2. The topological polar surface area (TPSA) is 0 Å². The summed E-state index contributed by atoms with van der Waals surface area (Å²) in [6.07, 6.45) is 0. The average Bonchev–Trinajstić information content (AvgIpc) is 1.81. The van der Waals surface area contributed by atoms with E-state index in [0.717, 1.165) is 0 Å². The highest BCUT2D eigenvalue weighted by molar-refractivity contribution is 7.48. The van der Waals surface area contributed by atoms with Gasteiger partial charge in [-0.25, -0.2) is 0 Å². The number of hydrogen-bond donors (Lipinski definition) is 0. The average molecular weight is 327 g/mol. The molecule has 0 aliphatic carbocycles. The lowest BCUT2D eigenvalue weighted by Crippen LogP contribution is -2.27. The quantitative estimate of drug-likeness (QED) is 0.422. The Morgan fingerprint density at radius 3 is 1.36 bits per heavy atom. The van der Waals surface area contributed by atoms with Gasteiger partial charge in [-0.2, -0.15) is 44.3 Å². The summed E-state index contributed by atoms with van der Waals surface area (Å²) < 4.78 is -0.333. The van der Waals surface area contributed by atoms with E-state index in [2.05, 4.69) is 0 Å². The van der Waals surface area contributed by atoms with Crippen LogP contribution in [0.2, 0.25) is 4.79 Å². The van der Waals surface area contributed by atoms with E-state index in [-0.39, 0.29) is 9.25 Å². The molecule has 0 spiro atoms. The number of halogens is 6. The Bertz CT molecular complexity index is 98.0. The van der Waals surface area contributed by atoms with Crippen LogP contribution in [0.5, 0.6) is 0 Å². The van der Waals surface area contributed by atoms with Gasteiger partial charge in [0.2, 0.25) is 14.8 Å². The first-order chi connectivity index (χ1) is 4.95. The van der Waals surface area contributed by atoms with Crippen LogP contribution in [-0.4, -0.2) is 28.8 Å². The molecule has 11 heavy (non-hydrogen) atoms. The lowest BCUT2D eigenvalue weighted by molar-refractivity contribution is 1.69. The molecule has 0 aliphatic rings. The molecule has 0 N–H and O–H groups in total. The van der Waals surface area contributed by atoms with Crippen LogP contribution in [0.15, 0.2) is 0 Å². The van der Waals surface area contributed by atoms with Crippen molar-refractivity contribution < 1.29 is 0 Å². The summed E-state index contributed by atoms with van der Waals surface area (Å²) in [6, 6.07) is 0. The Labute approximate surface area is 100 Å². The van der Waals surface area contributed by atoms with E-state index < -0.39 is 24.4 Å². The van der Waals surface area contributed by atoms with E-state index in [4.69, 9.17) is 67.5 Å². The minimum absolute atomic E-state index is 0.127. The SMILES string of the molecule is ClC(Cl)[SiH2]C([SiH](Cl)Cl)[SiH](Cl)Cl. The Morgan fingerprint density at radius 1 is 0.909 bits per heavy atom. The van der Waals surface area contributed by atoms with Crippen LogP contribution in [0.4, 0.5) is 0 Å². The molecule has 0 atom stereocenters. The maximum absolute atomic E-state index is 5.77. The molecule has 0 amide bonds. The predicted molar refractivity (Wildman–Crippen MR) is 65.5 cm³/mol. The molecule has 0 heterocycles. The Balaban J connectivity index is 3.90. The number of hydrogen-bond acceptors (Lipinski definition) is 0. The van der Waals surface area contributed by atoms with Crippen LogP contribution in [0.1, 0.15) is 0 Å². The summed E-state index contributed by atoms with van der Waals surface area (Å²) in [5, 5.41) is 0. The molecule has 0 saturated carbocycles. The number of alkyl halides is 2. The first-order valence-electron chi connectivity index (χ1n) is 2.79. The third-order valence-corrected chi connectivity index (χ3v) is 21.5. The first-order valence-corrected chi connectivity index (χ1v) is 13.6. The normalized spacial score (nSPS) is 13.6. The summed E-state index contributed by atoms with van der Waals surface area (Å²) in [5.74, 6) is 0. The lowest BCUT2D eigenvalue weighted by Gasteiger charge is -2.15. The monoisotopic (exact) mass is 324 g/mol. The molecule has 0 bridgehead atoms. The molecule has 0 aliphatic heterocycles. The molecule has 0 nitrogen and oxygen atoms in total. The highest BCUT2D eigenvalue weighted by Gasteiger charge is 2.29. The molecule has 0 aromatic rings. The van der Waals surface area contributed by atoms with Crippen molar-refractivity contribution in [1.29, 1.82) is 0 Å². The minimum Gasteiger partial charge on any atom is -0.151 e. The van der Waals surface area contributed by atoms with Crippen molar-refractivity contribution in [2.75, 3.05) is 0 Å². The molecule has 0 fully saturated rings. The lowest BCUT2D eigenvalue weighted by atomic mass is 11.8. The van der Waals surface area contributed by atoms with E-state index in [1.54, 1.807) is 0 Å². The molecule has 0 unspecified atom stereocenters. The summed E-state index contributed by atoms with van der Waals surface area (Å²) >= 11 is 34.3. The largest absolute Gasteiger partial charge is 0.236 e. The fourth-order valence-corrected chi connectivity index (χ4v) is 20.0. The first kappa shape index (κ1) is 13.4. The van der Waals surface area contributed by atoms with Gasteiger partial charge in [0.1, 0.15) is 0 Å². The summed E-state index contributed by atoms with van der Waals surface area (Å²) in [7, 11) is -4.24. The molecule has 68 valence electrons. The predicted octanol–water partition coefficient (Wildman–Crippen LogP) is 2.18. The zero-order valence-electron chi connectivity index (χ0n) is 5.28. The van der Waals surface area contributed by atoms with Crippen molar-refractivity contribution >= 4 is 91.9 Å². The van der Waals surface area contributed by atoms with Crippen molar-refractivity contribution in [3.8, 4) is 0 Å². The van der Waals surface area contributed by atoms with Crippen LogP contribution < -0.4 is 0 Å². The summed E-state index contributed by atoms with van der Waals surface area (Å²) in [5.41, 5.74) is 0. The van der Waals surface area contributed by atoms with Crippen molar-refractivity contribution in [3.05, 3.63) is 0 Å². The second-order valence-electron chi connectivity index (χ2n) is 1.96. The summed E-state index contributed by atoms with van der Waals surface area (Å²) in [4.78, 5) is 0.127. The van der Waals surface area contributed by atoms with E-state index in [1.807, 2.05) is 0 Å². The Morgan fingerprint density at radius 2 is 1.27 bits per heavy atom. The van der Waals surface area contributed by atoms with E-state index in [1.165, 1.54) is 0 Å². The van der Waals surface area contributed by atoms with Gasteiger partial charge in [0.15, 0.2) is 0 Å². The van der Waals surface area contributed by atoms with E-state index >= 15 is 0 Å². The van der Waals surface area contributed by atoms with Gasteiger partial charge in [0.25, 0.3) is 0 Å². The van der Waals surface area contributed by atoms with Gasteiger partial charge in [0, 0.05) is 0 Å².